The number of hydrogen-bond donors (Lipinski definition) is 2. The van der Waals surface area contributed by atoms with E-state index in [-0.39, 0.29) is 5.96 Å². The average molecular weight is 141 g/mol. The van der Waals surface area contributed by atoms with Gasteiger partial charge in [-0.2, -0.15) is 0 Å². The molecule has 0 aromatic rings. The molecule has 0 unspecified atom stereocenters. The first-order valence-corrected chi connectivity index (χ1v) is 3.49. The Morgan fingerprint density at radius 3 is 2.80 bits per heavy atom. The van der Waals surface area contributed by atoms with Gasteiger partial charge in [0, 0.05) is 6.54 Å². The third-order valence-corrected chi connectivity index (χ3v) is 2.21. The number of fused-ring (bicyclic) bond motifs is 2. The van der Waals surface area contributed by atoms with Crippen LogP contribution in [-0.4, -0.2) is 36.2 Å². The van der Waals surface area contributed by atoms with Gasteiger partial charge in [0.2, 0.25) is 0 Å². The van der Waals surface area contributed by atoms with Gasteiger partial charge >= 0.3 is 0 Å². The van der Waals surface area contributed by atoms with Gasteiger partial charge < -0.3 is 15.4 Å². The molecule has 0 aliphatic carbocycles. The van der Waals surface area contributed by atoms with E-state index < -0.39 is 0 Å². The Kier molecular flexibility index (Phi) is 1.11. The molecule has 2 heterocycles. The average Bonchev–Trinajstić information content (AvgIpc) is 2.44. The normalized spacial score (nSPS) is 37.0. The first-order chi connectivity index (χ1) is 4.77. The van der Waals surface area contributed by atoms with Crippen LogP contribution in [-0.2, 0) is 4.74 Å². The lowest BCUT2D eigenvalue weighted by atomic mass is 10.2. The number of ether oxygens (including phenoxy) is 1. The Balaban J connectivity index is 2.08. The molecule has 0 saturated carbocycles. The zero-order chi connectivity index (χ0) is 7.14. The fourth-order valence-corrected chi connectivity index (χ4v) is 1.69. The van der Waals surface area contributed by atoms with Gasteiger partial charge in [0.25, 0.3) is 0 Å². The first-order valence-electron chi connectivity index (χ1n) is 3.49. The first kappa shape index (κ1) is 5.97. The molecule has 0 spiro atoms. The molecule has 0 aromatic carbocycles. The van der Waals surface area contributed by atoms with E-state index in [9.17, 15) is 0 Å². The van der Waals surface area contributed by atoms with Crippen LogP contribution in [0, 0.1) is 5.41 Å². The van der Waals surface area contributed by atoms with Crippen LogP contribution in [0.25, 0.3) is 0 Å². The number of nitrogens with zero attached hydrogens (tertiary/aromatic N) is 1. The van der Waals surface area contributed by atoms with Crippen LogP contribution in [0.2, 0.25) is 0 Å². The number of nitrogens with two attached hydrogens (primary N) is 1. The zero-order valence-electron chi connectivity index (χ0n) is 5.71. The fraction of sp³-hybridized carbons (Fsp3) is 0.833. The van der Waals surface area contributed by atoms with E-state index in [1.807, 2.05) is 4.90 Å². The largest absolute Gasteiger partial charge is 0.374 e. The van der Waals surface area contributed by atoms with E-state index in [1.165, 1.54) is 0 Å². The minimum atomic E-state index is 0.191. The van der Waals surface area contributed by atoms with Crippen LogP contribution in [0.4, 0.5) is 0 Å². The maximum atomic E-state index is 7.19. The van der Waals surface area contributed by atoms with E-state index in [0.717, 1.165) is 19.6 Å². The zero-order valence-corrected chi connectivity index (χ0v) is 5.71. The Morgan fingerprint density at radius 1 is 1.70 bits per heavy atom. The Bertz CT molecular complexity index is 170. The molecule has 4 heteroatoms. The summed E-state index contributed by atoms with van der Waals surface area (Å²) in [5.41, 5.74) is 5.34. The summed E-state index contributed by atoms with van der Waals surface area (Å²) < 4.78 is 5.34. The van der Waals surface area contributed by atoms with E-state index in [2.05, 4.69) is 0 Å². The van der Waals surface area contributed by atoms with E-state index in [1.54, 1.807) is 0 Å². The van der Waals surface area contributed by atoms with Gasteiger partial charge in [-0.1, -0.05) is 0 Å². The van der Waals surface area contributed by atoms with Crippen molar-refractivity contribution in [2.24, 2.45) is 5.73 Å². The second-order valence-corrected chi connectivity index (χ2v) is 2.88. The molecule has 10 heavy (non-hydrogen) atoms. The predicted octanol–water partition coefficient (Wildman–Crippen LogP) is -0.647. The number of hydrogen-bond acceptors (Lipinski definition) is 2. The van der Waals surface area contributed by atoms with Crippen molar-refractivity contribution in [3.05, 3.63) is 0 Å². The summed E-state index contributed by atoms with van der Waals surface area (Å²) in [6, 6.07) is 0.391. The SMILES string of the molecule is N=C(N)N1C[C@H]2C[C@H]1CO2. The highest BCUT2D eigenvalue weighted by Gasteiger charge is 2.39. The minimum absolute atomic E-state index is 0.191. The van der Waals surface area contributed by atoms with Gasteiger partial charge in [0.1, 0.15) is 0 Å². The number of guanidine groups is 1. The molecule has 2 bridgehead atoms. The molecule has 2 saturated heterocycles. The third-order valence-electron chi connectivity index (χ3n) is 2.21. The second-order valence-electron chi connectivity index (χ2n) is 2.88. The summed E-state index contributed by atoms with van der Waals surface area (Å²) in [5.74, 6) is 0.191. The van der Waals surface area contributed by atoms with Crippen molar-refractivity contribution >= 4 is 5.96 Å². The van der Waals surface area contributed by atoms with Gasteiger partial charge in [-0.15, -0.1) is 0 Å². The topological polar surface area (TPSA) is 62.3 Å². The van der Waals surface area contributed by atoms with E-state index in [4.69, 9.17) is 15.9 Å². The molecule has 0 radical (unpaired) electrons. The highest BCUT2D eigenvalue weighted by molar-refractivity contribution is 5.75. The van der Waals surface area contributed by atoms with Crippen LogP contribution < -0.4 is 5.73 Å². The van der Waals surface area contributed by atoms with Crippen molar-refractivity contribution in [1.29, 1.82) is 5.41 Å². The third kappa shape index (κ3) is 0.686. The van der Waals surface area contributed by atoms with Crippen molar-refractivity contribution in [1.82, 2.24) is 4.90 Å². The van der Waals surface area contributed by atoms with Crippen molar-refractivity contribution in [2.75, 3.05) is 13.2 Å². The molecule has 2 aliphatic rings. The van der Waals surface area contributed by atoms with Crippen molar-refractivity contribution < 1.29 is 4.74 Å². The van der Waals surface area contributed by atoms with Gasteiger partial charge in [0.15, 0.2) is 5.96 Å². The van der Waals surface area contributed by atoms with Crippen LogP contribution in [0.15, 0.2) is 0 Å². The summed E-state index contributed by atoms with van der Waals surface area (Å²) in [6.07, 6.45) is 1.40. The monoisotopic (exact) mass is 141 g/mol. The number of nitrogens with one attached hydrogen (secondary N) is 1. The van der Waals surface area contributed by atoms with Crippen LogP contribution in [0.5, 0.6) is 0 Å². The molecular formula is C6H11N3O. The lowest BCUT2D eigenvalue weighted by molar-refractivity contribution is 0.0560. The van der Waals surface area contributed by atoms with Crippen molar-refractivity contribution in [2.45, 2.75) is 18.6 Å². The molecule has 56 valence electrons. The van der Waals surface area contributed by atoms with Gasteiger partial charge in [-0.3, -0.25) is 5.41 Å². The second kappa shape index (κ2) is 1.85. The Morgan fingerprint density at radius 2 is 2.50 bits per heavy atom. The van der Waals surface area contributed by atoms with Crippen LogP contribution in [0.3, 0.4) is 0 Å². The highest BCUT2D eigenvalue weighted by atomic mass is 16.5. The summed E-state index contributed by atoms with van der Waals surface area (Å²) in [7, 11) is 0. The smallest absolute Gasteiger partial charge is 0.188 e. The molecule has 3 N–H and O–H groups in total. The minimum Gasteiger partial charge on any atom is -0.374 e. The summed E-state index contributed by atoms with van der Waals surface area (Å²) >= 11 is 0. The van der Waals surface area contributed by atoms with Gasteiger partial charge in [-0.25, -0.2) is 0 Å². The maximum Gasteiger partial charge on any atom is 0.188 e. The number of morpholine rings is 1. The molecule has 0 aromatic heterocycles. The lowest BCUT2D eigenvalue weighted by Crippen LogP contribution is -2.44. The van der Waals surface area contributed by atoms with E-state index in [0.29, 0.717) is 12.1 Å². The van der Waals surface area contributed by atoms with Crippen LogP contribution in [0.1, 0.15) is 6.42 Å². The number of likely N-dealkylation sites (tertiary alicyclic amines) is 1. The van der Waals surface area contributed by atoms with Gasteiger partial charge in [0.05, 0.1) is 18.8 Å². The summed E-state index contributed by atoms with van der Waals surface area (Å²) in [5, 5.41) is 7.19. The molecule has 4 nitrogen and oxygen atoms in total. The van der Waals surface area contributed by atoms with Gasteiger partial charge in [-0.05, 0) is 6.42 Å². The molecule has 2 rings (SSSR count). The lowest BCUT2D eigenvalue weighted by Gasteiger charge is -2.26. The van der Waals surface area contributed by atoms with Crippen molar-refractivity contribution in [3.63, 3.8) is 0 Å². The quantitative estimate of drug-likeness (QED) is 0.348. The predicted molar refractivity (Wildman–Crippen MR) is 36.8 cm³/mol. The number of rotatable bonds is 0. The van der Waals surface area contributed by atoms with Crippen molar-refractivity contribution in [3.8, 4) is 0 Å². The summed E-state index contributed by atoms with van der Waals surface area (Å²) in [4.78, 5) is 1.91. The fourth-order valence-electron chi connectivity index (χ4n) is 1.69. The molecule has 2 atom stereocenters. The maximum absolute atomic E-state index is 7.19. The Hall–Kier alpha value is -0.770. The molecule has 0 amide bonds. The highest BCUT2D eigenvalue weighted by Crippen LogP contribution is 2.26. The molecule has 2 aliphatic heterocycles. The Labute approximate surface area is 59.5 Å². The molecular weight excluding hydrogens is 130 g/mol. The summed E-state index contributed by atoms with van der Waals surface area (Å²) in [6.45, 7) is 1.57. The standard InChI is InChI=1S/C6H11N3O/c7-6(8)9-2-5-1-4(9)3-10-5/h4-5H,1-3H2,(H3,7,8)/t4-,5+/m0/s1. The van der Waals surface area contributed by atoms with E-state index >= 15 is 0 Å². The molecule has 2 fully saturated rings. The van der Waals surface area contributed by atoms with Crippen LogP contribution >= 0.6 is 0 Å².